The van der Waals surface area contributed by atoms with E-state index >= 15 is 0 Å². The number of para-hydroxylation sites is 1. The Morgan fingerprint density at radius 1 is 0.970 bits per heavy atom. The number of aromatic nitrogens is 2. The van der Waals surface area contributed by atoms with Crippen molar-refractivity contribution < 1.29 is 4.79 Å². The average Bonchev–Trinajstić information content (AvgIpc) is 2.87. The molecule has 1 atom stereocenters. The molecule has 1 unspecified atom stereocenters. The number of amides is 1. The van der Waals surface area contributed by atoms with Crippen LogP contribution in [-0.4, -0.2) is 32.7 Å². The summed E-state index contributed by atoms with van der Waals surface area (Å²) in [5, 5.41) is 1.16. The summed E-state index contributed by atoms with van der Waals surface area (Å²) < 4.78 is 1.72. The van der Waals surface area contributed by atoms with Gasteiger partial charge in [0.05, 0.1) is 22.7 Å². The molecule has 0 spiro atoms. The van der Waals surface area contributed by atoms with Gasteiger partial charge in [-0.3, -0.25) is 14.2 Å². The Morgan fingerprint density at radius 2 is 1.67 bits per heavy atom. The van der Waals surface area contributed by atoms with E-state index in [-0.39, 0.29) is 23.3 Å². The number of rotatable bonds is 5. The zero-order chi connectivity index (χ0) is 22.8. The van der Waals surface area contributed by atoms with E-state index < -0.39 is 0 Å². The summed E-state index contributed by atoms with van der Waals surface area (Å²) in [7, 11) is 0. The lowest BCUT2D eigenvalue weighted by Gasteiger charge is -2.29. The van der Waals surface area contributed by atoms with E-state index in [1.165, 1.54) is 22.9 Å². The van der Waals surface area contributed by atoms with Gasteiger partial charge in [0.1, 0.15) is 0 Å². The molecule has 1 aliphatic heterocycles. The molecule has 5 rings (SSSR count). The molecule has 4 aromatic rings. The third-order valence-electron chi connectivity index (χ3n) is 6.25. The maximum Gasteiger partial charge on any atom is 0.262 e. The summed E-state index contributed by atoms with van der Waals surface area (Å²) in [5.41, 5.74) is 4.12. The van der Waals surface area contributed by atoms with Crippen molar-refractivity contribution in [2.45, 2.75) is 31.1 Å². The second-order valence-corrected chi connectivity index (χ2v) is 9.24. The second-order valence-electron chi connectivity index (χ2n) is 8.30. The van der Waals surface area contributed by atoms with Crippen LogP contribution in [0.3, 0.4) is 0 Å². The third kappa shape index (κ3) is 4.31. The number of hydrogen-bond donors (Lipinski definition) is 0. The Hall–Kier alpha value is -3.38. The van der Waals surface area contributed by atoms with Crippen LogP contribution in [0.4, 0.5) is 0 Å². The van der Waals surface area contributed by atoms with E-state index in [0.29, 0.717) is 22.6 Å². The van der Waals surface area contributed by atoms with Crippen LogP contribution in [0, 0.1) is 0 Å². The Labute approximate surface area is 197 Å². The summed E-state index contributed by atoms with van der Waals surface area (Å²) >= 11 is 1.34. The minimum Gasteiger partial charge on any atom is -0.337 e. The summed E-state index contributed by atoms with van der Waals surface area (Å²) in [6, 6.07) is 25.4. The van der Waals surface area contributed by atoms with E-state index in [1.54, 1.807) is 4.57 Å². The van der Waals surface area contributed by atoms with Gasteiger partial charge >= 0.3 is 0 Å². The van der Waals surface area contributed by atoms with Crippen molar-refractivity contribution in [1.82, 2.24) is 14.5 Å². The van der Waals surface area contributed by atoms with Gasteiger partial charge in [0.2, 0.25) is 5.91 Å². The Balaban J connectivity index is 1.44. The molecule has 0 saturated heterocycles. The second kappa shape index (κ2) is 9.24. The quantitative estimate of drug-likeness (QED) is 0.324. The number of hydrogen-bond acceptors (Lipinski definition) is 4. The van der Waals surface area contributed by atoms with Gasteiger partial charge in [0.25, 0.3) is 5.56 Å². The molecule has 1 aliphatic rings. The fourth-order valence-electron chi connectivity index (χ4n) is 4.38. The smallest absolute Gasteiger partial charge is 0.262 e. The van der Waals surface area contributed by atoms with Crippen LogP contribution in [0.2, 0.25) is 0 Å². The van der Waals surface area contributed by atoms with Crippen molar-refractivity contribution in [3.63, 3.8) is 0 Å². The predicted octanol–water partition coefficient (Wildman–Crippen LogP) is 4.68. The summed E-state index contributed by atoms with van der Waals surface area (Å²) in [5.74, 6) is 0.310. The standard InChI is InChI=1S/C27H25N3O2S/c1-19(20-9-3-2-4-10-20)30-26(32)23-13-7-8-14-24(23)28-27(30)33-18-25(31)29-16-15-21-11-5-6-12-22(21)17-29/h2-14,19H,15-18H2,1H3. The molecule has 2 heterocycles. The van der Waals surface area contributed by atoms with Crippen LogP contribution in [0.1, 0.15) is 29.7 Å². The molecule has 1 amide bonds. The van der Waals surface area contributed by atoms with E-state index in [2.05, 4.69) is 12.1 Å². The van der Waals surface area contributed by atoms with Crippen LogP contribution < -0.4 is 5.56 Å². The van der Waals surface area contributed by atoms with E-state index in [1.807, 2.05) is 78.6 Å². The molecule has 6 heteroatoms. The fourth-order valence-corrected chi connectivity index (χ4v) is 5.35. The van der Waals surface area contributed by atoms with Crippen molar-refractivity contribution in [3.8, 4) is 0 Å². The highest BCUT2D eigenvalue weighted by atomic mass is 32.2. The third-order valence-corrected chi connectivity index (χ3v) is 7.19. The zero-order valence-electron chi connectivity index (χ0n) is 18.5. The molecule has 33 heavy (non-hydrogen) atoms. The highest BCUT2D eigenvalue weighted by molar-refractivity contribution is 7.99. The van der Waals surface area contributed by atoms with Gasteiger partial charge < -0.3 is 4.90 Å². The average molecular weight is 456 g/mol. The number of carbonyl (C=O) groups excluding carboxylic acids is 1. The molecule has 0 bridgehead atoms. The molecule has 0 saturated carbocycles. The Morgan fingerprint density at radius 3 is 2.48 bits per heavy atom. The summed E-state index contributed by atoms with van der Waals surface area (Å²) in [6.45, 7) is 3.35. The van der Waals surface area contributed by atoms with Gasteiger partial charge in [-0.25, -0.2) is 4.98 Å². The van der Waals surface area contributed by atoms with Crippen LogP contribution >= 0.6 is 11.8 Å². The lowest BCUT2D eigenvalue weighted by atomic mass is 10.00. The van der Waals surface area contributed by atoms with Gasteiger partial charge in [-0.05, 0) is 42.2 Å². The first-order valence-electron chi connectivity index (χ1n) is 11.2. The molecular weight excluding hydrogens is 430 g/mol. The fraction of sp³-hybridized carbons (Fsp3) is 0.222. The molecule has 1 aromatic heterocycles. The van der Waals surface area contributed by atoms with Crippen molar-refractivity contribution >= 4 is 28.6 Å². The lowest BCUT2D eigenvalue weighted by molar-refractivity contribution is -0.129. The van der Waals surface area contributed by atoms with Crippen molar-refractivity contribution in [1.29, 1.82) is 0 Å². The molecule has 0 radical (unpaired) electrons. The van der Waals surface area contributed by atoms with Gasteiger partial charge in [-0.1, -0.05) is 78.5 Å². The topological polar surface area (TPSA) is 55.2 Å². The lowest BCUT2D eigenvalue weighted by Crippen LogP contribution is -2.37. The molecule has 5 nitrogen and oxygen atoms in total. The van der Waals surface area contributed by atoms with Crippen LogP contribution in [0.15, 0.2) is 88.8 Å². The minimum absolute atomic E-state index is 0.0656. The van der Waals surface area contributed by atoms with Gasteiger partial charge in [0.15, 0.2) is 5.16 Å². The van der Waals surface area contributed by atoms with Crippen molar-refractivity contribution in [2.75, 3.05) is 12.3 Å². The molecular formula is C27H25N3O2S. The molecule has 3 aromatic carbocycles. The first-order valence-corrected chi connectivity index (χ1v) is 12.1. The van der Waals surface area contributed by atoms with E-state index in [9.17, 15) is 9.59 Å². The first-order chi connectivity index (χ1) is 16.1. The summed E-state index contributed by atoms with van der Waals surface area (Å²) in [6.07, 6.45) is 0.872. The molecule has 0 N–H and O–H groups in total. The highest BCUT2D eigenvalue weighted by Gasteiger charge is 2.23. The number of carbonyl (C=O) groups is 1. The van der Waals surface area contributed by atoms with Gasteiger partial charge in [-0.15, -0.1) is 0 Å². The molecule has 0 fully saturated rings. The maximum absolute atomic E-state index is 13.5. The predicted molar refractivity (Wildman–Crippen MR) is 133 cm³/mol. The van der Waals surface area contributed by atoms with Crippen LogP contribution in [0.5, 0.6) is 0 Å². The van der Waals surface area contributed by atoms with E-state index in [0.717, 1.165) is 18.5 Å². The zero-order valence-corrected chi connectivity index (χ0v) is 19.3. The number of benzene rings is 3. The maximum atomic E-state index is 13.5. The van der Waals surface area contributed by atoms with Crippen LogP contribution in [0.25, 0.3) is 10.9 Å². The monoisotopic (exact) mass is 455 g/mol. The summed E-state index contributed by atoms with van der Waals surface area (Å²) in [4.78, 5) is 33.2. The highest BCUT2D eigenvalue weighted by Crippen LogP contribution is 2.26. The Bertz CT molecular complexity index is 1370. The normalized spacial score (nSPS) is 14.2. The number of fused-ring (bicyclic) bond motifs is 2. The first kappa shape index (κ1) is 21.5. The molecule has 0 aliphatic carbocycles. The van der Waals surface area contributed by atoms with Gasteiger partial charge in [-0.2, -0.15) is 0 Å². The van der Waals surface area contributed by atoms with Crippen LogP contribution in [-0.2, 0) is 17.8 Å². The Kier molecular flexibility index (Phi) is 6.01. The van der Waals surface area contributed by atoms with E-state index in [4.69, 9.17) is 4.98 Å². The van der Waals surface area contributed by atoms with Crippen molar-refractivity contribution in [2.24, 2.45) is 0 Å². The van der Waals surface area contributed by atoms with Gasteiger partial charge in [0, 0.05) is 13.1 Å². The SMILES string of the molecule is CC(c1ccccc1)n1c(SCC(=O)N2CCc3ccccc3C2)nc2ccccc2c1=O. The minimum atomic E-state index is -0.199. The number of nitrogens with zero attached hydrogens (tertiary/aromatic N) is 3. The van der Waals surface area contributed by atoms with Crippen molar-refractivity contribution in [3.05, 3.63) is 106 Å². The molecule has 166 valence electrons. The largest absolute Gasteiger partial charge is 0.337 e. The number of thioether (sulfide) groups is 1.